The molecule has 0 aliphatic carbocycles. The molecule has 3 aromatic heterocycles. The van der Waals surface area contributed by atoms with Crippen molar-refractivity contribution in [3.63, 3.8) is 0 Å². The highest BCUT2D eigenvalue weighted by Crippen LogP contribution is 2.23. The lowest BCUT2D eigenvalue weighted by atomic mass is 10.4. The predicted octanol–water partition coefficient (Wildman–Crippen LogP) is 5.90. The van der Waals surface area contributed by atoms with Gasteiger partial charge in [0, 0.05) is 18.8 Å². The van der Waals surface area contributed by atoms with E-state index in [0.29, 0.717) is 23.9 Å². The van der Waals surface area contributed by atoms with Crippen LogP contribution in [-0.2, 0) is 23.9 Å². The summed E-state index contributed by atoms with van der Waals surface area (Å²) in [6, 6.07) is 0. The quantitative estimate of drug-likeness (QED) is 0.183. The summed E-state index contributed by atoms with van der Waals surface area (Å²) in [5, 5.41) is 0.637. The monoisotopic (exact) mass is 798 g/mol. The second-order valence-electron chi connectivity index (χ2n) is 5.91. The number of esters is 2. The normalized spacial score (nSPS) is 9.19. The van der Waals surface area contributed by atoms with E-state index in [1.807, 2.05) is 13.1 Å². The SMILES string of the molecule is Br.CCC(C)=O.CCOC(=O)C(=O)CBr.CCOC(=O)c1cn2cc(Br)sc2n1.Nc1ncc(Br)s1. The molecule has 0 aromatic carbocycles. The second-order valence-corrected chi connectivity index (χ2v) is 11.3. The Morgan fingerprint density at radius 3 is 1.97 bits per heavy atom. The second kappa shape index (κ2) is 20.8. The van der Waals surface area contributed by atoms with Gasteiger partial charge in [0.2, 0.25) is 5.78 Å². The number of nitrogen functional groups attached to an aromatic ring is 1. The highest BCUT2D eigenvalue weighted by Gasteiger charge is 2.13. The van der Waals surface area contributed by atoms with E-state index in [4.69, 9.17) is 10.5 Å². The number of aromatic nitrogens is 3. The van der Waals surface area contributed by atoms with Crippen LogP contribution in [0.4, 0.5) is 5.13 Å². The highest BCUT2D eigenvalue weighted by molar-refractivity contribution is 9.11. The van der Waals surface area contributed by atoms with E-state index in [1.54, 1.807) is 37.6 Å². The molecule has 202 valence electrons. The summed E-state index contributed by atoms with van der Waals surface area (Å²) in [4.78, 5) is 50.5. The average molecular weight is 802 g/mol. The smallest absolute Gasteiger partial charge is 0.375 e. The molecule has 10 nitrogen and oxygen atoms in total. The third kappa shape index (κ3) is 15.8. The molecule has 3 heterocycles. The third-order valence-corrected chi connectivity index (χ3v) is 6.52. The Hall–Kier alpha value is -1.20. The molecule has 0 radical (unpaired) electrons. The number of rotatable bonds is 6. The molecule has 0 amide bonds. The van der Waals surface area contributed by atoms with Crippen molar-refractivity contribution in [3.8, 4) is 0 Å². The number of carbonyl (C=O) groups excluding carboxylic acids is 4. The summed E-state index contributed by atoms with van der Waals surface area (Å²) in [5.41, 5.74) is 5.61. The summed E-state index contributed by atoms with van der Waals surface area (Å²) < 4.78 is 13.0. The maximum Gasteiger partial charge on any atom is 0.375 e. The molecule has 0 unspecified atom stereocenters. The van der Waals surface area contributed by atoms with Crippen molar-refractivity contribution >= 4 is 121 Å². The van der Waals surface area contributed by atoms with Crippen molar-refractivity contribution in [2.75, 3.05) is 24.3 Å². The van der Waals surface area contributed by atoms with Gasteiger partial charge in [-0.05, 0) is 52.6 Å². The van der Waals surface area contributed by atoms with Gasteiger partial charge in [0.05, 0.1) is 32.3 Å². The molecular weight excluding hydrogens is 776 g/mol. The largest absolute Gasteiger partial charge is 0.461 e. The number of imidazole rings is 1. The first kappa shape index (κ1) is 37.0. The Morgan fingerprint density at radius 2 is 1.61 bits per heavy atom. The fourth-order valence-electron chi connectivity index (χ4n) is 1.60. The lowest BCUT2D eigenvalue weighted by Crippen LogP contribution is -2.17. The molecule has 0 atom stereocenters. The van der Waals surface area contributed by atoms with Gasteiger partial charge in [0.1, 0.15) is 5.78 Å². The van der Waals surface area contributed by atoms with Crippen molar-refractivity contribution < 1.29 is 28.7 Å². The molecule has 3 rings (SSSR count). The summed E-state index contributed by atoms with van der Waals surface area (Å²) in [5.74, 6) is -1.43. The molecule has 0 fully saturated rings. The number of Topliss-reactive ketones (excluding diaryl/α,β-unsaturated/α-hetero) is 2. The molecule has 0 saturated heterocycles. The molecule has 0 aliphatic rings. The van der Waals surface area contributed by atoms with Gasteiger partial charge in [-0.2, -0.15) is 0 Å². The summed E-state index contributed by atoms with van der Waals surface area (Å²) in [6.45, 7) is 7.47. The van der Waals surface area contributed by atoms with E-state index in [2.05, 4.69) is 62.5 Å². The van der Waals surface area contributed by atoms with Crippen LogP contribution < -0.4 is 5.73 Å². The molecule has 3 aromatic rings. The number of fused-ring (bicyclic) bond motifs is 1. The lowest BCUT2D eigenvalue weighted by Gasteiger charge is -1.95. The standard InChI is InChI=1S/C8H7BrN2O2S.C5H7BrO3.C4H8O.C3H3BrN2S.BrH/c1-2-13-7(12)5-3-11-4-6(9)14-8(11)10-5;1-2-9-5(8)4(7)3-6;1-3-4(2)5;4-2-1-6-3(5)7-2;/h3-4H,2H2,1H3;2-3H2,1H3;3H2,1-2H3;1H,(H2,5,6);1H. The molecular formula is C20H26Br4N4O6S2. The fraction of sp³-hybridized carbons (Fsp3) is 0.400. The number of halogens is 4. The number of hydrogen-bond acceptors (Lipinski definition) is 11. The Labute approximate surface area is 252 Å². The van der Waals surface area contributed by atoms with Crippen LogP contribution in [0.3, 0.4) is 0 Å². The zero-order chi connectivity index (χ0) is 27.0. The molecule has 2 N–H and O–H groups in total. The molecule has 0 bridgehead atoms. The van der Waals surface area contributed by atoms with Crippen molar-refractivity contribution in [1.82, 2.24) is 14.4 Å². The van der Waals surface area contributed by atoms with Gasteiger partial charge in [-0.25, -0.2) is 19.6 Å². The predicted molar refractivity (Wildman–Crippen MR) is 158 cm³/mol. The summed E-state index contributed by atoms with van der Waals surface area (Å²) >= 11 is 12.3. The zero-order valence-corrected chi connectivity index (χ0v) is 27.9. The van der Waals surface area contributed by atoms with Crippen LogP contribution in [0, 0.1) is 0 Å². The van der Waals surface area contributed by atoms with Crippen molar-refractivity contribution in [1.29, 1.82) is 0 Å². The molecule has 0 spiro atoms. The maximum absolute atomic E-state index is 11.3. The third-order valence-electron chi connectivity index (χ3n) is 3.23. The summed E-state index contributed by atoms with van der Waals surface area (Å²) in [7, 11) is 0. The number of nitrogens with two attached hydrogens (primary N) is 1. The van der Waals surface area contributed by atoms with E-state index in [0.717, 1.165) is 12.5 Å². The minimum atomic E-state index is -0.769. The Kier molecular flexibility index (Phi) is 21.4. The van der Waals surface area contributed by atoms with Crippen LogP contribution in [0.5, 0.6) is 0 Å². The fourth-order valence-corrected chi connectivity index (χ4v) is 4.19. The van der Waals surface area contributed by atoms with Gasteiger partial charge in [-0.15, -0.1) is 17.0 Å². The lowest BCUT2D eigenvalue weighted by molar-refractivity contribution is -0.152. The number of hydrogen-bond donors (Lipinski definition) is 1. The number of carbonyl (C=O) groups is 4. The van der Waals surface area contributed by atoms with Crippen LogP contribution in [0.25, 0.3) is 4.96 Å². The van der Waals surface area contributed by atoms with Crippen molar-refractivity contribution in [2.45, 2.75) is 34.1 Å². The molecule has 0 saturated carbocycles. The van der Waals surface area contributed by atoms with E-state index in [-0.39, 0.29) is 40.7 Å². The van der Waals surface area contributed by atoms with Gasteiger partial charge in [0.25, 0.3) is 0 Å². The highest BCUT2D eigenvalue weighted by atomic mass is 79.9. The van der Waals surface area contributed by atoms with Crippen LogP contribution in [-0.4, -0.2) is 56.4 Å². The summed E-state index contributed by atoms with van der Waals surface area (Å²) in [6.07, 6.45) is 5.87. The van der Waals surface area contributed by atoms with E-state index >= 15 is 0 Å². The van der Waals surface area contributed by atoms with Crippen LogP contribution in [0.15, 0.2) is 26.2 Å². The zero-order valence-electron chi connectivity index (χ0n) is 19.8. The van der Waals surface area contributed by atoms with E-state index in [1.165, 1.54) is 22.7 Å². The number of ether oxygens (including phenoxy) is 2. The number of anilines is 1. The minimum Gasteiger partial charge on any atom is -0.461 e. The van der Waals surface area contributed by atoms with Crippen molar-refractivity contribution in [2.24, 2.45) is 0 Å². The Morgan fingerprint density at radius 1 is 1.03 bits per heavy atom. The van der Waals surface area contributed by atoms with Crippen LogP contribution >= 0.6 is 87.4 Å². The van der Waals surface area contributed by atoms with Gasteiger partial charge >= 0.3 is 11.9 Å². The average Bonchev–Trinajstić information content (AvgIpc) is 3.48. The molecule has 0 aliphatic heterocycles. The Bertz CT molecular complexity index is 1060. The van der Waals surface area contributed by atoms with Gasteiger partial charge in [0.15, 0.2) is 15.8 Å². The van der Waals surface area contributed by atoms with Gasteiger partial charge < -0.3 is 20.0 Å². The van der Waals surface area contributed by atoms with Crippen LogP contribution in [0.1, 0.15) is 44.6 Å². The number of nitrogens with zero attached hydrogens (tertiary/aromatic N) is 3. The van der Waals surface area contributed by atoms with E-state index < -0.39 is 11.8 Å². The van der Waals surface area contributed by atoms with Gasteiger partial charge in [-0.3, -0.25) is 9.20 Å². The van der Waals surface area contributed by atoms with Gasteiger partial charge in [-0.1, -0.05) is 45.5 Å². The molecule has 16 heteroatoms. The minimum absolute atomic E-state index is 0. The first-order chi connectivity index (χ1) is 16.5. The number of alkyl halides is 1. The van der Waals surface area contributed by atoms with Crippen molar-refractivity contribution in [3.05, 3.63) is 31.9 Å². The topological polar surface area (TPSA) is 143 Å². The van der Waals surface area contributed by atoms with Crippen LogP contribution in [0.2, 0.25) is 0 Å². The van der Waals surface area contributed by atoms with E-state index in [9.17, 15) is 19.2 Å². The molecule has 36 heavy (non-hydrogen) atoms. The first-order valence-corrected chi connectivity index (χ1v) is 14.3. The first-order valence-electron chi connectivity index (χ1n) is 9.92. The number of ketones is 2. The number of thiazole rings is 2. The Balaban J connectivity index is 0. The maximum atomic E-state index is 11.3.